The number of amides is 1. The number of likely N-dealkylation sites (tertiary alicyclic amines) is 1. The first-order valence-corrected chi connectivity index (χ1v) is 8.73. The first-order chi connectivity index (χ1) is 11.7. The van der Waals surface area contributed by atoms with E-state index in [1.165, 1.54) is 6.42 Å². The van der Waals surface area contributed by atoms with Gasteiger partial charge >= 0.3 is 0 Å². The molecule has 0 spiro atoms. The van der Waals surface area contributed by atoms with Crippen LogP contribution >= 0.6 is 12.4 Å². The number of piperidine rings is 1. The van der Waals surface area contributed by atoms with Crippen LogP contribution in [0.4, 0.5) is 0 Å². The molecule has 1 saturated heterocycles. The molecule has 0 aliphatic carbocycles. The maximum Gasteiger partial charge on any atom is 0.234 e. The molecule has 2 N–H and O–H groups in total. The quantitative estimate of drug-likeness (QED) is 0.647. The van der Waals surface area contributed by atoms with Crippen LogP contribution in [0.1, 0.15) is 19.8 Å². The highest BCUT2D eigenvalue weighted by atomic mass is 35.5. The van der Waals surface area contributed by atoms with Gasteiger partial charge in [0.25, 0.3) is 0 Å². The summed E-state index contributed by atoms with van der Waals surface area (Å²) in [6.07, 6.45) is 2.32. The summed E-state index contributed by atoms with van der Waals surface area (Å²) in [5, 5.41) is 6.20. The Balaban J connectivity index is 0.00000312. The minimum atomic E-state index is 0. The summed E-state index contributed by atoms with van der Waals surface area (Å²) in [5.41, 5.74) is 0. The van der Waals surface area contributed by atoms with Crippen LogP contribution in [0.15, 0.2) is 24.3 Å². The van der Waals surface area contributed by atoms with Crippen molar-refractivity contribution in [1.29, 1.82) is 0 Å². The van der Waals surface area contributed by atoms with E-state index in [2.05, 4.69) is 15.5 Å². The van der Waals surface area contributed by atoms with Crippen LogP contribution in [0, 0.1) is 0 Å². The van der Waals surface area contributed by atoms with Gasteiger partial charge in [-0.15, -0.1) is 12.4 Å². The molecular weight excluding hydrogens is 342 g/mol. The molecule has 1 aliphatic rings. The third-order valence-electron chi connectivity index (χ3n) is 4.11. The van der Waals surface area contributed by atoms with Crippen molar-refractivity contribution in [3.63, 3.8) is 0 Å². The average Bonchev–Trinajstić information content (AvgIpc) is 2.60. The van der Waals surface area contributed by atoms with Gasteiger partial charge in [-0.25, -0.2) is 0 Å². The molecule has 0 bridgehead atoms. The van der Waals surface area contributed by atoms with Crippen molar-refractivity contribution < 1.29 is 14.3 Å². The molecule has 0 saturated carbocycles. The number of benzene rings is 1. The van der Waals surface area contributed by atoms with Crippen molar-refractivity contribution in [2.75, 3.05) is 46.4 Å². The minimum absolute atomic E-state index is 0. The third-order valence-corrected chi connectivity index (χ3v) is 4.11. The molecule has 1 amide bonds. The number of ether oxygens (including phenoxy) is 2. The maximum atomic E-state index is 12.0. The van der Waals surface area contributed by atoms with Crippen molar-refractivity contribution in [2.24, 2.45) is 0 Å². The van der Waals surface area contributed by atoms with Gasteiger partial charge in [-0.1, -0.05) is 0 Å². The number of nitrogens with zero attached hydrogens (tertiary/aromatic N) is 1. The minimum Gasteiger partial charge on any atom is -0.494 e. The van der Waals surface area contributed by atoms with Crippen LogP contribution in [0.25, 0.3) is 0 Å². The number of hydrogen-bond donors (Lipinski definition) is 2. The molecule has 1 aromatic rings. The molecule has 0 radical (unpaired) electrons. The Morgan fingerprint density at radius 1 is 1.24 bits per heavy atom. The molecule has 142 valence electrons. The van der Waals surface area contributed by atoms with Crippen LogP contribution < -0.4 is 20.1 Å². The van der Waals surface area contributed by atoms with Crippen molar-refractivity contribution in [1.82, 2.24) is 15.5 Å². The fourth-order valence-electron chi connectivity index (χ4n) is 2.85. The van der Waals surface area contributed by atoms with E-state index < -0.39 is 0 Å². The van der Waals surface area contributed by atoms with E-state index in [-0.39, 0.29) is 18.3 Å². The van der Waals surface area contributed by atoms with E-state index in [4.69, 9.17) is 9.47 Å². The van der Waals surface area contributed by atoms with Crippen molar-refractivity contribution in [2.45, 2.75) is 25.8 Å². The second-order valence-electron chi connectivity index (χ2n) is 5.97. The zero-order valence-electron chi connectivity index (χ0n) is 15.1. The summed E-state index contributed by atoms with van der Waals surface area (Å²) in [6, 6.07) is 8.00. The highest BCUT2D eigenvalue weighted by molar-refractivity contribution is 5.85. The molecule has 2 rings (SSSR count). The molecule has 1 aliphatic heterocycles. The van der Waals surface area contributed by atoms with Crippen LogP contribution in [0.2, 0.25) is 0 Å². The van der Waals surface area contributed by atoms with Gasteiger partial charge in [-0.3, -0.25) is 9.69 Å². The molecule has 1 fully saturated rings. The highest BCUT2D eigenvalue weighted by Crippen LogP contribution is 2.17. The molecule has 1 atom stereocenters. The van der Waals surface area contributed by atoms with Crippen LogP contribution in [-0.4, -0.2) is 63.3 Å². The Labute approximate surface area is 156 Å². The van der Waals surface area contributed by atoms with E-state index in [0.29, 0.717) is 32.3 Å². The monoisotopic (exact) mass is 371 g/mol. The molecule has 0 aromatic heterocycles. The van der Waals surface area contributed by atoms with Gasteiger partial charge in [-0.05, 0) is 57.6 Å². The number of hydrogen-bond acceptors (Lipinski definition) is 5. The first-order valence-electron chi connectivity index (χ1n) is 8.73. The second-order valence-corrected chi connectivity index (χ2v) is 5.97. The Kier molecular flexibility index (Phi) is 10.3. The fourth-order valence-corrected chi connectivity index (χ4v) is 2.85. The number of nitrogens with one attached hydrogen (secondary N) is 2. The van der Waals surface area contributed by atoms with Crippen LogP contribution in [0.3, 0.4) is 0 Å². The van der Waals surface area contributed by atoms with E-state index in [1.807, 2.05) is 38.2 Å². The summed E-state index contributed by atoms with van der Waals surface area (Å²) < 4.78 is 11.0. The number of halogens is 1. The summed E-state index contributed by atoms with van der Waals surface area (Å²) in [4.78, 5) is 14.2. The Bertz CT molecular complexity index is 499. The lowest BCUT2D eigenvalue weighted by Crippen LogP contribution is -2.48. The predicted octanol–water partition coefficient (Wildman–Crippen LogP) is 1.69. The third kappa shape index (κ3) is 7.94. The normalized spacial score (nSPS) is 17.4. The summed E-state index contributed by atoms with van der Waals surface area (Å²) in [6.45, 7) is 5.96. The fraction of sp³-hybridized carbons (Fsp3) is 0.611. The van der Waals surface area contributed by atoms with Gasteiger partial charge in [0.2, 0.25) is 5.91 Å². The lowest BCUT2D eigenvalue weighted by Gasteiger charge is -2.31. The summed E-state index contributed by atoms with van der Waals surface area (Å²) >= 11 is 0. The number of carbonyl (C=O) groups is 1. The van der Waals surface area contributed by atoms with Gasteiger partial charge in [0.1, 0.15) is 18.1 Å². The van der Waals surface area contributed by atoms with Gasteiger partial charge < -0.3 is 20.1 Å². The lowest BCUT2D eigenvalue weighted by molar-refractivity contribution is -0.122. The first kappa shape index (κ1) is 21.5. The number of rotatable bonds is 9. The second kappa shape index (κ2) is 12.0. The summed E-state index contributed by atoms with van der Waals surface area (Å²) in [7, 11) is 1.98. The van der Waals surface area contributed by atoms with Gasteiger partial charge in [0, 0.05) is 12.6 Å². The molecule has 6 nitrogen and oxygen atoms in total. The van der Waals surface area contributed by atoms with Crippen molar-refractivity contribution >= 4 is 18.3 Å². The average molecular weight is 372 g/mol. The Hall–Kier alpha value is -1.50. The predicted molar refractivity (Wildman–Crippen MR) is 102 cm³/mol. The van der Waals surface area contributed by atoms with Gasteiger partial charge in [-0.2, -0.15) is 0 Å². The van der Waals surface area contributed by atoms with E-state index in [9.17, 15) is 4.79 Å². The maximum absolute atomic E-state index is 12.0. The van der Waals surface area contributed by atoms with E-state index >= 15 is 0 Å². The topological polar surface area (TPSA) is 62.8 Å². The molecule has 25 heavy (non-hydrogen) atoms. The molecule has 1 heterocycles. The number of likely N-dealkylation sites (N-methyl/N-ethyl adjacent to an activating group) is 1. The molecule has 1 aromatic carbocycles. The lowest BCUT2D eigenvalue weighted by atomic mass is 10.1. The molecule has 7 heteroatoms. The standard InChI is InChI=1S/C18H29N3O3.ClH/c1-3-23-16-6-8-17(9-7-16)24-12-10-20-18(22)14-21-11-4-5-15(13-21)19-2;/h6-9,15,19H,3-5,10-14H2,1-2H3,(H,20,22);1H. The van der Waals surface area contributed by atoms with Crippen LogP contribution in [0.5, 0.6) is 11.5 Å². The van der Waals surface area contributed by atoms with Crippen molar-refractivity contribution in [3.05, 3.63) is 24.3 Å². The highest BCUT2D eigenvalue weighted by Gasteiger charge is 2.19. The zero-order chi connectivity index (χ0) is 17.2. The van der Waals surface area contributed by atoms with E-state index in [1.54, 1.807) is 0 Å². The van der Waals surface area contributed by atoms with Gasteiger partial charge in [0.05, 0.1) is 19.7 Å². The SMILES string of the molecule is CCOc1ccc(OCCNC(=O)CN2CCCC(NC)C2)cc1.Cl. The zero-order valence-corrected chi connectivity index (χ0v) is 15.9. The molecular formula is C18H30ClN3O3. The van der Waals surface area contributed by atoms with Crippen molar-refractivity contribution in [3.8, 4) is 11.5 Å². The summed E-state index contributed by atoms with van der Waals surface area (Å²) in [5.74, 6) is 1.67. The Morgan fingerprint density at radius 3 is 2.56 bits per heavy atom. The number of carbonyl (C=O) groups excluding carboxylic acids is 1. The molecule has 1 unspecified atom stereocenters. The Morgan fingerprint density at radius 2 is 1.92 bits per heavy atom. The largest absolute Gasteiger partial charge is 0.494 e. The smallest absolute Gasteiger partial charge is 0.234 e. The van der Waals surface area contributed by atoms with Crippen LogP contribution in [-0.2, 0) is 4.79 Å². The van der Waals surface area contributed by atoms with E-state index in [0.717, 1.165) is 31.0 Å². The van der Waals surface area contributed by atoms with Gasteiger partial charge in [0.15, 0.2) is 0 Å².